The Morgan fingerprint density at radius 1 is 1.15 bits per heavy atom. The average Bonchev–Trinajstić information content (AvgIpc) is 2.45. The number of para-hydroxylation sites is 1. The molecule has 20 heavy (non-hydrogen) atoms. The van der Waals surface area contributed by atoms with Crippen molar-refractivity contribution >= 4 is 11.7 Å². The molecule has 0 amide bonds. The van der Waals surface area contributed by atoms with Crippen LogP contribution >= 0.6 is 0 Å². The number of carboxylic acids is 1. The van der Waals surface area contributed by atoms with Gasteiger partial charge in [0.1, 0.15) is 12.4 Å². The highest BCUT2D eigenvalue weighted by Gasteiger charge is 2.12. The summed E-state index contributed by atoms with van der Waals surface area (Å²) in [5.74, 6) is -0.566. The van der Waals surface area contributed by atoms with Gasteiger partial charge < -0.3 is 9.84 Å². The molecule has 0 atom stereocenters. The summed E-state index contributed by atoms with van der Waals surface area (Å²) >= 11 is 0. The minimum atomic E-state index is -1.02. The zero-order chi connectivity index (χ0) is 14.5. The Hall–Kier alpha value is -2.89. The van der Waals surface area contributed by atoms with E-state index in [0.29, 0.717) is 11.3 Å². The highest BCUT2D eigenvalue weighted by atomic mass is 16.6. The summed E-state index contributed by atoms with van der Waals surface area (Å²) < 4.78 is 5.42. The Morgan fingerprint density at radius 2 is 1.80 bits per heavy atom. The lowest BCUT2D eigenvalue weighted by molar-refractivity contribution is -0.385. The van der Waals surface area contributed by atoms with Crippen molar-refractivity contribution in [2.24, 2.45) is 0 Å². The zero-order valence-corrected chi connectivity index (χ0v) is 10.4. The molecule has 0 fully saturated rings. The highest BCUT2D eigenvalue weighted by Crippen LogP contribution is 2.20. The van der Waals surface area contributed by atoms with E-state index in [9.17, 15) is 14.9 Å². The van der Waals surface area contributed by atoms with E-state index >= 15 is 0 Å². The number of nitrogens with zero attached hydrogens (tertiary/aromatic N) is 1. The molecule has 0 aliphatic rings. The Morgan fingerprint density at radius 3 is 2.40 bits per heavy atom. The van der Waals surface area contributed by atoms with E-state index in [1.165, 1.54) is 30.3 Å². The molecule has 0 heterocycles. The smallest absolute Gasteiger partial charge is 0.335 e. The Kier molecular flexibility index (Phi) is 3.95. The number of ether oxygens (including phenoxy) is 1. The quantitative estimate of drug-likeness (QED) is 0.668. The maximum absolute atomic E-state index is 10.8. The van der Waals surface area contributed by atoms with Crippen molar-refractivity contribution in [3.8, 4) is 5.75 Å². The standard InChI is InChI=1S/C14H11NO5/c16-14(17)10-5-7-12(8-6-10)20-9-11-3-1-2-4-13(11)15(18)19/h1-8H,9H2,(H,16,17). The summed E-state index contributed by atoms with van der Waals surface area (Å²) in [6.07, 6.45) is 0. The molecule has 0 aliphatic carbocycles. The maximum Gasteiger partial charge on any atom is 0.335 e. The van der Waals surface area contributed by atoms with Gasteiger partial charge in [0.2, 0.25) is 0 Å². The molecule has 2 rings (SSSR count). The molecule has 0 spiro atoms. The van der Waals surface area contributed by atoms with Gasteiger partial charge in [-0.1, -0.05) is 12.1 Å². The Bertz CT molecular complexity index is 636. The summed E-state index contributed by atoms with van der Waals surface area (Å²) in [5, 5.41) is 19.6. The van der Waals surface area contributed by atoms with Gasteiger partial charge in [-0.05, 0) is 30.3 Å². The van der Waals surface area contributed by atoms with Crippen LogP contribution in [0.1, 0.15) is 15.9 Å². The molecule has 6 heteroatoms. The number of aromatic carboxylic acids is 1. The monoisotopic (exact) mass is 273 g/mol. The van der Waals surface area contributed by atoms with Crippen molar-refractivity contribution < 1.29 is 19.6 Å². The fraction of sp³-hybridized carbons (Fsp3) is 0.0714. The molecule has 0 unspecified atom stereocenters. The summed E-state index contributed by atoms with van der Waals surface area (Å²) in [7, 11) is 0. The van der Waals surface area contributed by atoms with Gasteiger partial charge in [-0.25, -0.2) is 4.79 Å². The number of hydrogen-bond acceptors (Lipinski definition) is 4. The SMILES string of the molecule is O=C(O)c1ccc(OCc2ccccc2[N+](=O)[O-])cc1. The number of hydrogen-bond donors (Lipinski definition) is 1. The lowest BCUT2D eigenvalue weighted by Gasteiger charge is -2.07. The fourth-order valence-electron chi connectivity index (χ4n) is 1.67. The number of nitro groups is 1. The number of benzene rings is 2. The van der Waals surface area contributed by atoms with Crippen LogP contribution in [0.15, 0.2) is 48.5 Å². The first-order valence-corrected chi connectivity index (χ1v) is 5.76. The highest BCUT2D eigenvalue weighted by molar-refractivity contribution is 5.87. The molecule has 0 saturated heterocycles. The number of rotatable bonds is 5. The van der Waals surface area contributed by atoms with Gasteiger partial charge in [-0.2, -0.15) is 0 Å². The Balaban J connectivity index is 2.09. The van der Waals surface area contributed by atoms with Gasteiger partial charge >= 0.3 is 5.97 Å². The number of carbonyl (C=O) groups is 1. The molecule has 0 radical (unpaired) electrons. The zero-order valence-electron chi connectivity index (χ0n) is 10.4. The van der Waals surface area contributed by atoms with Crippen LogP contribution in [0.3, 0.4) is 0 Å². The van der Waals surface area contributed by atoms with Crippen molar-refractivity contribution in [3.63, 3.8) is 0 Å². The van der Waals surface area contributed by atoms with Gasteiger partial charge in [0.05, 0.1) is 16.1 Å². The van der Waals surface area contributed by atoms with Crippen molar-refractivity contribution in [3.05, 3.63) is 69.8 Å². The summed E-state index contributed by atoms with van der Waals surface area (Å²) in [6.45, 7) is 0.0452. The topological polar surface area (TPSA) is 89.7 Å². The summed E-state index contributed by atoms with van der Waals surface area (Å²) in [4.78, 5) is 21.1. The van der Waals surface area contributed by atoms with Crippen molar-refractivity contribution in [2.45, 2.75) is 6.61 Å². The van der Waals surface area contributed by atoms with E-state index in [-0.39, 0.29) is 17.9 Å². The Labute approximate surface area is 114 Å². The van der Waals surface area contributed by atoms with E-state index in [0.717, 1.165) is 0 Å². The maximum atomic E-state index is 10.8. The number of carboxylic acid groups (broad SMARTS) is 1. The molecule has 0 aromatic heterocycles. The lowest BCUT2D eigenvalue weighted by atomic mass is 10.2. The van der Waals surface area contributed by atoms with E-state index in [1.54, 1.807) is 18.2 Å². The van der Waals surface area contributed by atoms with Crippen LogP contribution in [0, 0.1) is 10.1 Å². The van der Waals surface area contributed by atoms with Gasteiger partial charge in [0.25, 0.3) is 5.69 Å². The molecular formula is C14H11NO5. The second-order valence-electron chi connectivity index (χ2n) is 4.00. The van der Waals surface area contributed by atoms with E-state index < -0.39 is 10.9 Å². The van der Waals surface area contributed by atoms with Crippen molar-refractivity contribution in [1.29, 1.82) is 0 Å². The normalized spacial score (nSPS) is 10.0. The van der Waals surface area contributed by atoms with Crippen LogP contribution in [0.25, 0.3) is 0 Å². The van der Waals surface area contributed by atoms with Crippen LogP contribution < -0.4 is 4.74 Å². The second kappa shape index (κ2) is 5.83. The first-order valence-electron chi connectivity index (χ1n) is 5.76. The first-order chi connectivity index (χ1) is 9.58. The molecule has 0 aliphatic heterocycles. The summed E-state index contributed by atoms with van der Waals surface area (Å²) in [6, 6.07) is 12.2. The van der Waals surface area contributed by atoms with Gasteiger partial charge in [0.15, 0.2) is 0 Å². The minimum absolute atomic E-state index is 0.00495. The van der Waals surface area contributed by atoms with E-state index in [4.69, 9.17) is 9.84 Å². The third-order valence-electron chi connectivity index (χ3n) is 2.68. The van der Waals surface area contributed by atoms with Crippen LogP contribution in [-0.4, -0.2) is 16.0 Å². The molecule has 6 nitrogen and oxygen atoms in total. The van der Waals surface area contributed by atoms with Crippen molar-refractivity contribution in [1.82, 2.24) is 0 Å². The average molecular weight is 273 g/mol. The van der Waals surface area contributed by atoms with Crippen LogP contribution in [0.2, 0.25) is 0 Å². The molecule has 2 aromatic carbocycles. The first kappa shape index (κ1) is 13.5. The van der Waals surface area contributed by atoms with Crippen LogP contribution in [0.5, 0.6) is 5.75 Å². The van der Waals surface area contributed by atoms with Gasteiger partial charge in [0, 0.05) is 6.07 Å². The van der Waals surface area contributed by atoms with Crippen molar-refractivity contribution in [2.75, 3.05) is 0 Å². The van der Waals surface area contributed by atoms with E-state index in [2.05, 4.69) is 0 Å². The van der Waals surface area contributed by atoms with Crippen LogP contribution in [-0.2, 0) is 6.61 Å². The predicted molar refractivity (Wildman–Crippen MR) is 70.8 cm³/mol. The molecule has 2 aromatic rings. The second-order valence-corrected chi connectivity index (χ2v) is 4.00. The molecule has 102 valence electrons. The lowest BCUT2D eigenvalue weighted by Crippen LogP contribution is -2.01. The fourth-order valence-corrected chi connectivity index (χ4v) is 1.67. The van der Waals surface area contributed by atoms with Gasteiger partial charge in [-0.3, -0.25) is 10.1 Å². The molecule has 1 N–H and O–H groups in total. The van der Waals surface area contributed by atoms with E-state index in [1.807, 2.05) is 0 Å². The predicted octanol–water partition coefficient (Wildman–Crippen LogP) is 2.87. The molecule has 0 saturated carbocycles. The van der Waals surface area contributed by atoms with Gasteiger partial charge in [-0.15, -0.1) is 0 Å². The third kappa shape index (κ3) is 3.11. The molecular weight excluding hydrogens is 262 g/mol. The molecule has 0 bridgehead atoms. The third-order valence-corrected chi connectivity index (χ3v) is 2.68. The number of nitro benzene ring substituents is 1. The minimum Gasteiger partial charge on any atom is -0.489 e. The largest absolute Gasteiger partial charge is 0.489 e. The summed E-state index contributed by atoms with van der Waals surface area (Å²) in [5.41, 5.74) is 0.609. The van der Waals surface area contributed by atoms with Crippen LogP contribution in [0.4, 0.5) is 5.69 Å².